The third-order valence-electron chi connectivity index (χ3n) is 3.50. The van der Waals surface area contributed by atoms with E-state index in [4.69, 9.17) is 10.8 Å². The standard InChI is InChI=1S/C14H14N6O/c15-8-20-11-4-1-3-9(11)7-10(12(20)16)13(21)19-14-17-5-2-6-18-14/h2,5-8,15-16H,1,3-4H2,(H,17,18,19,21). The van der Waals surface area contributed by atoms with Crippen LogP contribution in [0.15, 0.2) is 24.5 Å². The van der Waals surface area contributed by atoms with E-state index in [2.05, 4.69) is 15.3 Å². The van der Waals surface area contributed by atoms with Crippen LogP contribution in [0.4, 0.5) is 5.95 Å². The molecule has 7 nitrogen and oxygen atoms in total. The van der Waals surface area contributed by atoms with Gasteiger partial charge < -0.3 is 0 Å². The molecule has 106 valence electrons. The number of fused-ring (bicyclic) bond motifs is 1. The number of anilines is 1. The molecule has 3 N–H and O–H groups in total. The first kappa shape index (κ1) is 13.2. The maximum Gasteiger partial charge on any atom is 0.261 e. The summed E-state index contributed by atoms with van der Waals surface area (Å²) in [4.78, 5) is 20.2. The highest BCUT2D eigenvalue weighted by Crippen LogP contribution is 2.20. The van der Waals surface area contributed by atoms with Crippen LogP contribution in [0.5, 0.6) is 0 Å². The summed E-state index contributed by atoms with van der Waals surface area (Å²) in [5.41, 5.74) is 2.21. The van der Waals surface area contributed by atoms with Crippen molar-refractivity contribution in [1.82, 2.24) is 14.5 Å². The van der Waals surface area contributed by atoms with Crippen molar-refractivity contribution in [1.29, 1.82) is 10.8 Å². The molecule has 2 aromatic rings. The number of amides is 1. The van der Waals surface area contributed by atoms with Gasteiger partial charge >= 0.3 is 0 Å². The molecule has 0 bridgehead atoms. The third-order valence-corrected chi connectivity index (χ3v) is 3.50. The Morgan fingerprint density at radius 1 is 1.33 bits per heavy atom. The summed E-state index contributed by atoms with van der Waals surface area (Å²) < 4.78 is 1.46. The third kappa shape index (κ3) is 2.33. The average molecular weight is 282 g/mol. The van der Waals surface area contributed by atoms with Crippen molar-refractivity contribution in [3.05, 3.63) is 46.8 Å². The molecule has 0 aliphatic heterocycles. The molecule has 1 aliphatic rings. The number of nitrogens with zero attached hydrogens (tertiary/aromatic N) is 3. The maximum atomic E-state index is 12.3. The lowest BCUT2D eigenvalue weighted by atomic mass is 10.1. The zero-order chi connectivity index (χ0) is 14.8. The number of hydrogen-bond acceptors (Lipinski definition) is 5. The van der Waals surface area contributed by atoms with Gasteiger partial charge in [-0.15, -0.1) is 0 Å². The minimum absolute atomic E-state index is 0.0130. The molecular formula is C14H14N6O. The quantitative estimate of drug-likeness (QED) is 0.576. The van der Waals surface area contributed by atoms with Crippen LogP contribution in [0.25, 0.3) is 0 Å². The molecule has 0 aromatic carbocycles. The minimum Gasteiger partial charge on any atom is -0.291 e. The van der Waals surface area contributed by atoms with Gasteiger partial charge in [-0.2, -0.15) is 0 Å². The Hall–Kier alpha value is -2.83. The first-order valence-electron chi connectivity index (χ1n) is 6.61. The zero-order valence-corrected chi connectivity index (χ0v) is 11.3. The first-order chi connectivity index (χ1) is 10.2. The molecule has 21 heavy (non-hydrogen) atoms. The lowest BCUT2D eigenvalue weighted by molar-refractivity contribution is 0.102. The molecule has 1 amide bonds. The fourth-order valence-electron chi connectivity index (χ4n) is 2.54. The van der Waals surface area contributed by atoms with E-state index in [1.807, 2.05) is 0 Å². The summed E-state index contributed by atoms with van der Waals surface area (Å²) in [7, 11) is 0. The number of carbonyl (C=O) groups excluding carboxylic acids is 1. The monoisotopic (exact) mass is 282 g/mol. The summed E-state index contributed by atoms with van der Waals surface area (Å²) in [6, 6.07) is 3.40. The van der Waals surface area contributed by atoms with E-state index >= 15 is 0 Å². The SMILES string of the molecule is N=Cn1c2c(cc(C(=O)Nc3ncccn3)c1=N)CCC2. The van der Waals surface area contributed by atoms with E-state index in [0.29, 0.717) is 0 Å². The molecule has 0 unspecified atom stereocenters. The Labute approximate surface area is 120 Å². The Morgan fingerprint density at radius 2 is 2.10 bits per heavy atom. The number of aryl methyl sites for hydroxylation is 1. The van der Waals surface area contributed by atoms with Gasteiger partial charge in [0.1, 0.15) is 5.49 Å². The van der Waals surface area contributed by atoms with Gasteiger partial charge in [-0.1, -0.05) is 0 Å². The molecule has 0 saturated heterocycles. The van der Waals surface area contributed by atoms with Gasteiger partial charge in [0, 0.05) is 18.1 Å². The number of rotatable bonds is 3. The molecule has 2 aromatic heterocycles. The predicted octanol–water partition coefficient (Wildman–Crippen LogP) is 0.954. The molecule has 0 radical (unpaired) electrons. The smallest absolute Gasteiger partial charge is 0.261 e. The largest absolute Gasteiger partial charge is 0.291 e. The predicted molar refractivity (Wildman–Crippen MR) is 76.5 cm³/mol. The molecule has 2 heterocycles. The van der Waals surface area contributed by atoms with Crippen molar-refractivity contribution >= 4 is 18.2 Å². The van der Waals surface area contributed by atoms with E-state index in [1.54, 1.807) is 12.1 Å². The van der Waals surface area contributed by atoms with Crippen molar-refractivity contribution in [2.24, 2.45) is 0 Å². The van der Waals surface area contributed by atoms with Gasteiger partial charge in [-0.3, -0.25) is 25.5 Å². The average Bonchev–Trinajstić information content (AvgIpc) is 2.95. The van der Waals surface area contributed by atoms with Gasteiger partial charge in [0.15, 0.2) is 0 Å². The number of hydrogen-bond donors (Lipinski definition) is 3. The van der Waals surface area contributed by atoms with Crippen LogP contribution in [0.1, 0.15) is 28.0 Å². The number of nitrogens with one attached hydrogen (secondary N) is 3. The van der Waals surface area contributed by atoms with Gasteiger partial charge in [0.25, 0.3) is 5.91 Å². The van der Waals surface area contributed by atoms with Crippen LogP contribution in [-0.2, 0) is 12.8 Å². The van der Waals surface area contributed by atoms with Crippen LogP contribution in [-0.4, -0.2) is 26.8 Å². The summed E-state index contributed by atoms with van der Waals surface area (Å²) >= 11 is 0. The number of aromatic nitrogens is 3. The normalized spacial score (nSPS) is 12.8. The lowest BCUT2D eigenvalue weighted by Gasteiger charge is -2.11. The minimum atomic E-state index is -0.434. The highest BCUT2D eigenvalue weighted by atomic mass is 16.1. The molecule has 0 fully saturated rings. The van der Waals surface area contributed by atoms with Gasteiger partial charge in [-0.25, -0.2) is 9.97 Å². The molecule has 3 rings (SSSR count). The van der Waals surface area contributed by atoms with Crippen LogP contribution >= 0.6 is 0 Å². The van der Waals surface area contributed by atoms with E-state index < -0.39 is 5.91 Å². The molecule has 0 spiro atoms. The number of pyridine rings is 1. The van der Waals surface area contributed by atoms with Gasteiger partial charge in [0.05, 0.1) is 11.9 Å². The fraction of sp³-hybridized carbons (Fsp3) is 0.214. The van der Waals surface area contributed by atoms with E-state index in [-0.39, 0.29) is 17.0 Å². The summed E-state index contributed by atoms with van der Waals surface area (Å²) in [5, 5.41) is 18.2. The van der Waals surface area contributed by atoms with E-state index in [1.165, 1.54) is 17.0 Å². The maximum absolute atomic E-state index is 12.3. The van der Waals surface area contributed by atoms with Gasteiger partial charge in [0.2, 0.25) is 5.95 Å². The van der Waals surface area contributed by atoms with Gasteiger partial charge in [-0.05, 0) is 37.0 Å². The topological polar surface area (TPSA) is 108 Å². The molecular weight excluding hydrogens is 268 g/mol. The first-order valence-corrected chi connectivity index (χ1v) is 6.61. The van der Waals surface area contributed by atoms with E-state index in [0.717, 1.165) is 36.9 Å². The second-order valence-electron chi connectivity index (χ2n) is 4.76. The Morgan fingerprint density at radius 3 is 2.81 bits per heavy atom. The van der Waals surface area contributed by atoms with Crippen molar-refractivity contribution in [3.8, 4) is 0 Å². The van der Waals surface area contributed by atoms with Crippen molar-refractivity contribution in [2.75, 3.05) is 5.32 Å². The Bertz CT molecular complexity index is 765. The van der Waals surface area contributed by atoms with Crippen LogP contribution in [0.3, 0.4) is 0 Å². The number of carbonyl (C=O) groups is 1. The van der Waals surface area contributed by atoms with Crippen LogP contribution < -0.4 is 10.8 Å². The van der Waals surface area contributed by atoms with Crippen LogP contribution in [0.2, 0.25) is 0 Å². The van der Waals surface area contributed by atoms with E-state index in [9.17, 15) is 4.79 Å². The zero-order valence-electron chi connectivity index (χ0n) is 11.3. The fourth-order valence-corrected chi connectivity index (χ4v) is 2.54. The lowest BCUT2D eigenvalue weighted by Crippen LogP contribution is -2.31. The summed E-state index contributed by atoms with van der Waals surface area (Å²) in [6.07, 6.45) is 6.83. The summed E-state index contributed by atoms with van der Waals surface area (Å²) in [5.74, 6) is -0.236. The van der Waals surface area contributed by atoms with Crippen LogP contribution in [0, 0.1) is 10.8 Å². The van der Waals surface area contributed by atoms with Crippen molar-refractivity contribution < 1.29 is 4.79 Å². The molecule has 0 saturated carbocycles. The highest BCUT2D eigenvalue weighted by molar-refractivity contribution is 6.03. The second kappa shape index (κ2) is 5.28. The molecule has 7 heteroatoms. The second-order valence-corrected chi connectivity index (χ2v) is 4.76. The Kier molecular flexibility index (Phi) is 3.31. The molecule has 1 aliphatic carbocycles. The molecule has 0 atom stereocenters. The Balaban J connectivity index is 2.01. The summed E-state index contributed by atoms with van der Waals surface area (Å²) in [6.45, 7) is 0. The highest BCUT2D eigenvalue weighted by Gasteiger charge is 2.20. The van der Waals surface area contributed by atoms with Crippen molar-refractivity contribution in [2.45, 2.75) is 19.3 Å². The van der Waals surface area contributed by atoms with Crippen molar-refractivity contribution in [3.63, 3.8) is 0 Å².